The molecule has 1 aromatic heterocycles. The van der Waals surface area contributed by atoms with Crippen LogP contribution in [0.15, 0.2) is 42.0 Å². The molecule has 1 amide bonds. The number of amidine groups is 1. The second kappa shape index (κ2) is 7.32. The summed E-state index contributed by atoms with van der Waals surface area (Å²) < 4.78 is 4.99. The molecule has 28 heavy (non-hydrogen) atoms. The minimum Gasteiger partial charge on any atom is -0.462 e. The Labute approximate surface area is 161 Å². The number of hydrogen-bond donors (Lipinski definition) is 2. The van der Waals surface area contributed by atoms with Crippen LogP contribution < -0.4 is 10.6 Å². The van der Waals surface area contributed by atoms with Crippen molar-refractivity contribution in [1.29, 1.82) is 10.7 Å². The number of aromatic nitrogens is 1. The highest BCUT2D eigenvalue weighted by atomic mass is 16.5. The van der Waals surface area contributed by atoms with E-state index in [0.717, 1.165) is 0 Å². The second-order valence-corrected chi connectivity index (χ2v) is 5.97. The number of hydrogen-bond acceptors (Lipinski definition) is 7. The lowest BCUT2D eigenvalue weighted by molar-refractivity contribution is -0.113. The molecule has 0 saturated heterocycles. The van der Waals surface area contributed by atoms with Gasteiger partial charge in [0, 0.05) is 5.57 Å². The van der Waals surface area contributed by atoms with E-state index >= 15 is 0 Å². The Hall–Kier alpha value is -3.99. The normalized spacial score (nSPS) is 13.7. The van der Waals surface area contributed by atoms with Gasteiger partial charge in [0.05, 0.1) is 29.1 Å². The Kier molecular flexibility index (Phi) is 4.92. The molecule has 1 aliphatic rings. The minimum atomic E-state index is -0.719. The highest BCUT2D eigenvalue weighted by molar-refractivity contribution is 6.46. The predicted molar refractivity (Wildman–Crippen MR) is 104 cm³/mol. The maximum atomic E-state index is 12.8. The molecule has 2 aromatic rings. The van der Waals surface area contributed by atoms with Crippen LogP contribution >= 0.6 is 0 Å². The molecule has 8 nitrogen and oxygen atoms in total. The average Bonchev–Trinajstić information content (AvgIpc) is 2.90. The van der Waals surface area contributed by atoms with Gasteiger partial charge in [-0.2, -0.15) is 5.26 Å². The zero-order valence-electron chi connectivity index (χ0n) is 15.3. The van der Waals surface area contributed by atoms with Crippen LogP contribution in [-0.2, 0) is 9.53 Å². The number of nitrogens with one attached hydrogen (secondary N) is 1. The van der Waals surface area contributed by atoms with Crippen LogP contribution in [0.1, 0.15) is 35.5 Å². The minimum absolute atomic E-state index is 0.0504. The topological polar surface area (TPSA) is 133 Å². The fourth-order valence-corrected chi connectivity index (χ4v) is 2.98. The number of anilines is 2. The Balaban J connectivity index is 2.13. The third-order valence-corrected chi connectivity index (χ3v) is 4.28. The molecule has 0 aliphatic carbocycles. The standard InChI is InChI=1S/C20H17N5O3/c1-3-28-20(27)13-9-15(24-17(22)14(13)10-21)16-11(2)19(26)25(18(16)23)12-7-5-4-6-8-12/h4-9,23H,3H2,1-2H3,(H2,22,24). The molecule has 1 aromatic carbocycles. The molecule has 0 saturated carbocycles. The number of nitriles is 1. The first-order valence-electron chi connectivity index (χ1n) is 8.48. The van der Waals surface area contributed by atoms with Gasteiger partial charge in [0.2, 0.25) is 0 Å². The summed E-state index contributed by atoms with van der Waals surface area (Å²) in [6.07, 6.45) is 0. The largest absolute Gasteiger partial charge is 0.462 e. The number of nitrogens with two attached hydrogens (primary N) is 1. The molecule has 0 radical (unpaired) electrons. The molecule has 0 bridgehead atoms. The molecular formula is C20H17N5O3. The van der Waals surface area contributed by atoms with Gasteiger partial charge in [-0.15, -0.1) is 0 Å². The molecule has 8 heteroatoms. The molecule has 3 N–H and O–H groups in total. The summed E-state index contributed by atoms with van der Waals surface area (Å²) in [5, 5.41) is 17.8. The Morgan fingerprint density at radius 3 is 2.64 bits per heavy atom. The number of ether oxygens (including phenoxy) is 1. The van der Waals surface area contributed by atoms with Crippen molar-refractivity contribution < 1.29 is 14.3 Å². The van der Waals surface area contributed by atoms with Crippen molar-refractivity contribution in [3.63, 3.8) is 0 Å². The van der Waals surface area contributed by atoms with Gasteiger partial charge in [0.1, 0.15) is 23.3 Å². The van der Waals surface area contributed by atoms with Gasteiger partial charge in [0.15, 0.2) is 0 Å². The Morgan fingerprint density at radius 2 is 2.04 bits per heavy atom. The quantitative estimate of drug-likeness (QED) is 0.789. The lowest BCUT2D eigenvalue weighted by Crippen LogP contribution is -2.30. The van der Waals surface area contributed by atoms with Crippen molar-refractivity contribution in [2.45, 2.75) is 13.8 Å². The summed E-state index contributed by atoms with van der Waals surface area (Å²) in [7, 11) is 0. The Morgan fingerprint density at radius 1 is 1.36 bits per heavy atom. The third-order valence-electron chi connectivity index (χ3n) is 4.28. The van der Waals surface area contributed by atoms with E-state index in [0.29, 0.717) is 11.3 Å². The maximum absolute atomic E-state index is 12.8. The number of benzene rings is 1. The maximum Gasteiger partial charge on any atom is 0.339 e. The van der Waals surface area contributed by atoms with E-state index in [2.05, 4.69) is 4.98 Å². The first-order chi connectivity index (χ1) is 13.4. The molecule has 140 valence electrons. The number of rotatable bonds is 4. The first-order valence-corrected chi connectivity index (χ1v) is 8.48. The van der Waals surface area contributed by atoms with Crippen molar-refractivity contribution in [1.82, 2.24) is 4.98 Å². The first kappa shape index (κ1) is 18.8. The summed E-state index contributed by atoms with van der Waals surface area (Å²) in [6.45, 7) is 3.35. The molecule has 0 fully saturated rings. The van der Waals surface area contributed by atoms with Crippen LogP contribution in [0.2, 0.25) is 0 Å². The molecule has 1 aliphatic heterocycles. The van der Waals surface area contributed by atoms with E-state index in [1.807, 2.05) is 12.1 Å². The van der Waals surface area contributed by atoms with E-state index in [9.17, 15) is 14.9 Å². The van der Waals surface area contributed by atoms with Crippen LogP contribution in [0.25, 0.3) is 5.57 Å². The summed E-state index contributed by atoms with van der Waals surface area (Å²) in [5.41, 5.74) is 6.96. The average molecular weight is 375 g/mol. The predicted octanol–water partition coefficient (Wildman–Crippen LogP) is 2.51. The van der Waals surface area contributed by atoms with E-state index in [1.54, 1.807) is 38.1 Å². The fraction of sp³-hybridized carbons (Fsp3) is 0.150. The molecule has 0 unspecified atom stereocenters. The number of esters is 1. The van der Waals surface area contributed by atoms with Crippen LogP contribution in [-0.4, -0.2) is 29.3 Å². The number of amides is 1. The fourth-order valence-electron chi connectivity index (χ4n) is 2.98. The van der Waals surface area contributed by atoms with Crippen molar-refractivity contribution in [2.75, 3.05) is 17.2 Å². The highest BCUT2D eigenvalue weighted by Crippen LogP contribution is 2.33. The zero-order valence-corrected chi connectivity index (χ0v) is 15.3. The number of carbonyl (C=O) groups is 2. The Bertz CT molecular complexity index is 1070. The summed E-state index contributed by atoms with van der Waals surface area (Å²) in [5.74, 6) is -1.33. The summed E-state index contributed by atoms with van der Waals surface area (Å²) in [6, 6.07) is 12.0. The molecule has 0 spiro atoms. The van der Waals surface area contributed by atoms with E-state index in [4.69, 9.17) is 15.9 Å². The van der Waals surface area contributed by atoms with Crippen LogP contribution in [0.3, 0.4) is 0 Å². The smallest absolute Gasteiger partial charge is 0.339 e. The van der Waals surface area contributed by atoms with Crippen LogP contribution in [0.4, 0.5) is 11.5 Å². The highest BCUT2D eigenvalue weighted by Gasteiger charge is 2.36. The van der Waals surface area contributed by atoms with Crippen LogP contribution in [0, 0.1) is 16.7 Å². The molecule has 3 rings (SSSR count). The van der Waals surface area contributed by atoms with Gasteiger partial charge in [-0.25, -0.2) is 9.78 Å². The van der Waals surface area contributed by atoms with Crippen LogP contribution in [0.5, 0.6) is 0 Å². The van der Waals surface area contributed by atoms with Gasteiger partial charge in [-0.1, -0.05) is 18.2 Å². The van der Waals surface area contributed by atoms with E-state index in [1.165, 1.54) is 11.0 Å². The van der Waals surface area contributed by atoms with Gasteiger partial charge in [-0.05, 0) is 32.0 Å². The summed E-state index contributed by atoms with van der Waals surface area (Å²) in [4.78, 5) is 30.4. The zero-order chi connectivity index (χ0) is 20.4. The van der Waals surface area contributed by atoms with Gasteiger partial charge in [0.25, 0.3) is 5.91 Å². The number of nitrogens with zero attached hydrogens (tertiary/aromatic N) is 3. The van der Waals surface area contributed by atoms with Gasteiger partial charge < -0.3 is 10.5 Å². The van der Waals surface area contributed by atoms with E-state index < -0.39 is 5.97 Å². The lowest BCUT2D eigenvalue weighted by Gasteiger charge is -2.17. The number of nitrogen functional groups attached to an aromatic ring is 1. The van der Waals surface area contributed by atoms with Crippen molar-refractivity contribution in [3.05, 3.63) is 58.8 Å². The van der Waals surface area contributed by atoms with Gasteiger partial charge in [-0.3, -0.25) is 15.1 Å². The number of carbonyl (C=O) groups excluding carboxylic acids is 2. The number of para-hydroxylation sites is 1. The second-order valence-electron chi connectivity index (χ2n) is 5.97. The molecule has 2 heterocycles. The van der Waals surface area contributed by atoms with Crippen molar-refractivity contribution >= 4 is 34.8 Å². The van der Waals surface area contributed by atoms with Gasteiger partial charge >= 0.3 is 5.97 Å². The van der Waals surface area contributed by atoms with E-state index in [-0.39, 0.29) is 46.6 Å². The monoisotopic (exact) mass is 375 g/mol. The molecular weight excluding hydrogens is 358 g/mol. The van der Waals surface area contributed by atoms with Crippen molar-refractivity contribution in [3.8, 4) is 6.07 Å². The third kappa shape index (κ3) is 2.99. The summed E-state index contributed by atoms with van der Waals surface area (Å²) >= 11 is 0. The number of pyridine rings is 1. The lowest BCUT2D eigenvalue weighted by atomic mass is 10.0. The molecule has 0 atom stereocenters. The van der Waals surface area contributed by atoms with Crippen molar-refractivity contribution in [2.24, 2.45) is 0 Å². The SMILES string of the molecule is CCOC(=O)c1cc(C2=C(C)C(=O)N(c3ccccc3)C2=N)nc(N)c1C#N.